The lowest BCUT2D eigenvalue weighted by Crippen LogP contribution is -2.39. The second-order valence-electron chi connectivity index (χ2n) is 7.48. The van der Waals surface area contributed by atoms with Crippen LogP contribution in [0.5, 0.6) is 11.5 Å². The van der Waals surface area contributed by atoms with E-state index in [1.807, 2.05) is 17.5 Å². The molecule has 1 aliphatic rings. The number of carbonyl (C=O) groups is 3. The molecule has 0 saturated carbocycles. The number of hydrogen-bond acceptors (Lipinski definition) is 10. The van der Waals surface area contributed by atoms with Crippen LogP contribution in [0.1, 0.15) is 37.3 Å². The molecule has 11 heteroatoms. The summed E-state index contributed by atoms with van der Waals surface area (Å²) in [6.45, 7) is 4.21. The molecule has 0 N–H and O–H groups in total. The molecular weight excluding hydrogens is 492 g/mol. The monoisotopic (exact) mass is 512 g/mol. The average Bonchev–Trinajstić information content (AvgIpc) is 3.42. The molecule has 0 amide bonds. The van der Waals surface area contributed by atoms with Crippen LogP contribution >= 0.6 is 22.7 Å². The lowest BCUT2D eigenvalue weighted by molar-refractivity contribution is -0.137. The van der Waals surface area contributed by atoms with E-state index in [9.17, 15) is 19.2 Å². The van der Waals surface area contributed by atoms with Gasteiger partial charge in [-0.2, -0.15) is 0 Å². The van der Waals surface area contributed by atoms with Crippen LogP contribution in [0.25, 0.3) is 6.08 Å². The highest BCUT2D eigenvalue weighted by molar-refractivity contribution is 7.10. The maximum absolute atomic E-state index is 13.6. The SMILES string of the molecule is COC(=O)C1=C(C)N=c2sc(=Cc3ccc(OC(C)=O)cc3OC(C)=O)c(=O)n2[C@H]1c1cccs1. The lowest BCUT2D eigenvalue weighted by Gasteiger charge is -2.22. The summed E-state index contributed by atoms with van der Waals surface area (Å²) >= 11 is 2.56. The fourth-order valence-corrected chi connectivity index (χ4v) is 5.52. The molecule has 0 aliphatic carbocycles. The molecule has 0 bridgehead atoms. The average molecular weight is 513 g/mol. The van der Waals surface area contributed by atoms with Gasteiger partial charge in [-0.1, -0.05) is 17.4 Å². The minimum atomic E-state index is -0.680. The molecular formula is C24H20N2O7S2. The quantitative estimate of drug-likeness (QED) is 0.381. The van der Waals surface area contributed by atoms with Crippen molar-refractivity contribution in [1.29, 1.82) is 0 Å². The molecule has 1 atom stereocenters. The van der Waals surface area contributed by atoms with Gasteiger partial charge >= 0.3 is 17.9 Å². The van der Waals surface area contributed by atoms with Crippen molar-refractivity contribution in [3.8, 4) is 11.5 Å². The number of ether oxygens (including phenoxy) is 3. The molecule has 0 fully saturated rings. The standard InChI is InChI=1S/C24H20N2O7S2/c1-12-20(23(30)31-4)21(18-6-5-9-34-18)26-22(29)19(35-24(26)25-12)10-15-7-8-16(32-13(2)27)11-17(15)33-14(3)28/h5-11,21H,1-4H3/t21-/m0/s1. The third-order valence-electron chi connectivity index (χ3n) is 5.03. The Morgan fingerprint density at radius 1 is 1.11 bits per heavy atom. The van der Waals surface area contributed by atoms with Gasteiger partial charge in [-0.3, -0.25) is 19.0 Å². The normalized spacial score (nSPS) is 15.3. The van der Waals surface area contributed by atoms with Crippen LogP contribution in [0.15, 0.2) is 56.8 Å². The van der Waals surface area contributed by atoms with Crippen molar-refractivity contribution in [3.05, 3.63) is 77.1 Å². The summed E-state index contributed by atoms with van der Waals surface area (Å²) in [6.07, 6.45) is 1.57. The minimum absolute atomic E-state index is 0.128. The number of methoxy groups -OCH3 is 1. The van der Waals surface area contributed by atoms with Gasteiger partial charge in [0.1, 0.15) is 17.5 Å². The first kappa shape index (κ1) is 24.3. The van der Waals surface area contributed by atoms with Crippen molar-refractivity contribution in [1.82, 2.24) is 4.57 Å². The zero-order chi connectivity index (χ0) is 25.3. The fourth-order valence-electron chi connectivity index (χ4n) is 3.66. The number of thiazole rings is 1. The Morgan fingerprint density at radius 3 is 2.49 bits per heavy atom. The van der Waals surface area contributed by atoms with Gasteiger partial charge in [-0.25, -0.2) is 9.79 Å². The number of fused-ring (bicyclic) bond motifs is 1. The van der Waals surface area contributed by atoms with Crippen LogP contribution in [0.4, 0.5) is 0 Å². The smallest absolute Gasteiger partial charge is 0.338 e. The summed E-state index contributed by atoms with van der Waals surface area (Å²) in [5.74, 6) is -1.33. The van der Waals surface area contributed by atoms with E-state index >= 15 is 0 Å². The first-order chi connectivity index (χ1) is 16.7. The minimum Gasteiger partial charge on any atom is -0.466 e. The molecule has 0 unspecified atom stereocenters. The van der Waals surface area contributed by atoms with Crippen molar-refractivity contribution >= 4 is 46.7 Å². The number of carbonyl (C=O) groups excluding carboxylic acids is 3. The highest BCUT2D eigenvalue weighted by Gasteiger charge is 2.33. The van der Waals surface area contributed by atoms with Crippen LogP contribution in [-0.2, 0) is 19.1 Å². The maximum Gasteiger partial charge on any atom is 0.338 e. The third-order valence-corrected chi connectivity index (χ3v) is 6.93. The van der Waals surface area contributed by atoms with Gasteiger partial charge in [0.15, 0.2) is 4.80 Å². The third kappa shape index (κ3) is 4.86. The molecule has 0 saturated heterocycles. The number of allylic oxidation sites excluding steroid dienone is 1. The highest BCUT2D eigenvalue weighted by Crippen LogP contribution is 2.33. The van der Waals surface area contributed by atoms with Gasteiger partial charge in [-0.05, 0) is 36.6 Å². The largest absolute Gasteiger partial charge is 0.466 e. The summed E-state index contributed by atoms with van der Waals surface area (Å²) < 4.78 is 17.1. The Bertz CT molecular complexity index is 1550. The summed E-state index contributed by atoms with van der Waals surface area (Å²) in [5.41, 5.74) is 0.825. The van der Waals surface area contributed by atoms with Gasteiger partial charge in [0.05, 0.1) is 22.9 Å². The van der Waals surface area contributed by atoms with Crippen molar-refractivity contribution in [2.45, 2.75) is 26.8 Å². The number of rotatable bonds is 5. The lowest BCUT2D eigenvalue weighted by atomic mass is 10.0. The van der Waals surface area contributed by atoms with Crippen LogP contribution in [0.3, 0.4) is 0 Å². The van der Waals surface area contributed by atoms with Crippen molar-refractivity contribution < 1.29 is 28.6 Å². The Hall–Kier alpha value is -3.83. The topological polar surface area (TPSA) is 113 Å². The molecule has 1 aliphatic heterocycles. The zero-order valence-corrected chi connectivity index (χ0v) is 20.8. The van der Waals surface area contributed by atoms with Gasteiger partial charge in [0.25, 0.3) is 5.56 Å². The van der Waals surface area contributed by atoms with Gasteiger partial charge in [0.2, 0.25) is 0 Å². The number of aromatic nitrogens is 1. The van der Waals surface area contributed by atoms with Crippen LogP contribution < -0.4 is 24.4 Å². The number of hydrogen-bond donors (Lipinski definition) is 0. The molecule has 3 heterocycles. The predicted octanol–water partition coefficient (Wildman–Crippen LogP) is 2.32. The molecule has 9 nitrogen and oxygen atoms in total. The summed E-state index contributed by atoms with van der Waals surface area (Å²) in [7, 11) is 1.29. The van der Waals surface area contributed by atoms with E-state index in [-0.39, 0.29) is 17.1 Å². The van der Waals surface area contributed by atoms with Gasteiger partial charge in [-0.15, -0.1) is 11.3 Å². The van der Waals surface area contributed by atoms with Gasteiger partial charge in [0, 0.05) is 30.4 Å². The van der Waals surface area contributed by atoms with Gasteiger partial charge < -0.3 is 14.2 Å². The first-order valence-electron chi connectivity index (χ1n) is 10.3. The number of thiophene rings is 1. The molecule has 0 spiro atoms. The summed E-state index contributed by atoms with van der Waals surface area (Å²) in [4.78, 5) is 54.9. The number of benzene rings is 1. The highest BCUT2D eigenvalue weighted by atomic mass is 32.1. The van der Waals surface area contributed by atoms with E-state index in [0.29, 0.717) is 26.2 Å². The summed E-state index contributed by atoms with van der Waals surface area (Å²) in [5, 5.41) is 1.87. The fraction of sp³-hybridized carbons (Fsp3) is 0.208. The second kappa shape index (κ2) is 9.80. The van der Waals surface area contributed by atoms with Crippen LogP contribution in [0.2, 0.25) is 0 Å². The maximum atomic E-state index is 13.6. The first-order valence-corrected chi connectivity index (χ1v) is 12.0. The van der Waals surface area contributed by atoms with Crippen LogP contribution in [-0.4, -0.2) is 29.6 Å². The number of esters is 3. The zero-order valence-electron chi connectivity index (χ0n) is 19.2. The molecule has 180 valence electrons. The Kier molecular flexibility index (Phi) is 6.81. The van der Waals surface area contributed by atoms with Crippen molar-refractivity contribution in [3.63, 3.8) is 0 Å². The molecule has 3 aromatic rings. The van der Waals surface area contributed by atoms with Crippen molar-refractivity contribution in [2.24, 2.45) is 4.99 Å². The van der Waals surface area contributed by atoms with E-state index in [2.05, 4.69) is 4.99 Å². The van der Waals surface area contributed by atoms with E-state index in [1.54, 1.807) is 19.1 Å². The van der Waals surface area contributed by atoms with E-state index in [0.717, 1.165) is 16.2 Å². The van der Waals surface area contributed by atoms with Crippen molar-refractivity contribution in [2.75, 3.05) is 7.11 Å². The summed E-state index contributed by atoms with van der Waals surface area (Å²) in [6, 6.07) is 7.53. The Labute approximate surface area is 207 Å². The van der Waals surface area contributed by atoms with E-state index in [1.165, 1.54) is 49.0 Å². The molecule has 1 aromatic carbocycles. The predicted molar refractivity (Wildman–Crippen MR) is 129 cm³/mol. The second-order valence-corrected chi connectivity index (χ2v) is 9.46. The Balaban J connectivity index is 1.91. The van der Waals surface area contributed by atoms with E-state index in [4.69, 9.17) is 14.2 Å². The number of nitrogens with zero attached hydrogens (tertiary/aromatic N) is 2. The molecule has 0 radical (unpaired) electrons. The van der Waals surface area contributed by atoms with Crippen LogP contribution in [0, 0.1) is 0 Å². The molecule has 2 aromatic heterocycles. The molecule has 4 rings (SSSR count). The Morgan fingerprint density at radius 2 is 1.86 bits per heavy atom. The molecule has 35 heavy (non-hydrogen) atoms. The van der Waals surface area contributed by atoms with E-state index < -0.39 is 23.9 Å².